The minimum absolute atomic E-state index is 0.232. The lowest BCUT2D eigenvalue weighted by Crippen LogP contribution is -2.40. The number of nitrogens with one attached hydrogen (secondary N) is 1. The van der Waals surface area contributed by atoms with Crippen LogP contribution in [0.3, 0.4) is 0 Å². The van der Waals surface area contributed by atoms with E-state index >= 15 is 0 Å². The zero-order valence-electron chi connectivity index (χ0n) is 12.6. The number of amides is 1. The van der Waals surface area contributed by atoms with Gasteiger partial charge >= 0.3 is 5.97 Å². The third-order valence-electron chi connectivity index (χ3n) is 3.09. The molecule has 0 heterocycles. The number of hydrogen-bond acceptors (Lipinski definition) is 3. The molecule has 21 heavy (non-hydrogen) atoms. The third kappa shape index (κ3) is 6.29. The molecule has 0 spiro atoms. The lowest BCUT2D eigenvalue weighted by atomic mass is 10.1. The molecule has 1 aromatic rings. The largest absolute Gasteiger partial charge is 0.494 e. The normalized spacial score (nSPS) is 11.7. The van der Waals surface area contributed by atoms with Crippen LogP contribution in [0.4, 0.5) is 0 Å². The first-order chi connectivity index (χ1) is 10.1. The van der Waals surface area contributed by atoms with Gasteiger partial charge in [0.25, 0.3) is 0 Å². The maximum Gasteiger partial charge on any atom is 0.326 e. The first kappa shape index (κ1) is 17.0. The van der Waals surface area contributed by atoms with Gasteiger partial charge in [0, 0.05) is 6.42 Å². The van der Waals surface area contributed by atoms with Crippen LogP contribution in [-0.4, -0.2) is 29.6 Å². The van der Waals surface area contributed by atoms with Gasteiger partial charge in [-0.25, -0.2) is 4.79 Å². The van der Waals surface area contributed by atoms with E-state index in [4.69, 9.17) is 9.84 Å². The van der Waals surface area contributed by atoms with Crippen LogP contribution >= 0.6 is 0 Å². The topological polar surface area (TPSA) is 75.6 Å². The fraction of sp³-hybridized carbons (Fsp3) is 0.500. The Morgan fingerprint density at radius 2 is 1.90 bits per heavy atom. The van der Waals surface area contributed by atoms with Gasteiger partial charge in [0.2, 0.25) is 5.91 Å². The van der Waals surface area contributed by atoms with Gasteiger partial charge in [0.1, 0.15) is 11.8 Å². The Hall–Kier alpha value is -2.04. The van der Waals surface area contributed by atoms with Crippen molar-refractivity contribution in [2.75, 3.05) is 6.61 Å². The van der Waals surface area contributed by atoms with E-state index in [1.165, 1.54) is 0 Å². The molecule has 116 valence electrons. The van der Waals surface area contributed by atoms with E-state index in [0.717, 1.165) is 17.7 Å². The molecule has 0 radical (unpaired) electrons. The smallest absolute Gasteiger partial charge is 0.326 e. The van der Waals surface area contributed by atoms with Crippen molar-refractivity contribution in [1.29, 1.82) is 0 Å². The Morgan fingerprint density at radius 1 is 1.24 bits per heavy atom. The van der Waals surface area contributed by atoms with Crippen molar-refractivity contribution >= 4 is 11.9 Å². The van der Waals surface area contributed by atoms with Crippen LogP contribution in [0, 0.1) is 0 Å². The van der Waals surface area contributed by atoms with E-state index in [1.54, 1.807) is 0 Å². The predicted octanol–water partition coefficient (Wildman–Crippen LogP) is 2.39. The summed E-state index contributed by atoms with van der Waals surface area (Å²) < 4.78 is 5.35. The third-order valence-corrected chi connectivity index (χ3v) is 3.09. The number of aryl methyl sites for hydroxylation is 1. The number of benzene rings is 1. The Kier molecular flexibility index (Phi) is 7.29. The average molecular weight is 293 g/mol. The number of carbonyl (C=O) groups excluding carboxylic acids is 1. The molecule has 1 amide bonds. The SMILES string of the molecule is CCCC(NC(=O)CCc1ccc(OCC)cc1)C(=O)O. The van der Waals surface area contributed by atoms with Crippen molar-refractivity contribution in [3.8, 4) is 5.75 Å². The monoisotopic (exact) mass is 293 g/mol. The molecule has 0 bridgehead atoms. The van der Waals surface area contributed by atoms with Crippen LogP contribution in [-0.2, 0) is 16.0 Å². The summed E-state index contributed by atoms with van der Waals surface area (Å²) in [7, 11) is 0. The van der Waals surface area contributed by atoms with Gasteiger partial charge in [-0.1, -0.05) is 25.5 Å². The number of hydrogen-bond donors (Lipinski definition) is 2. The Balaban J connectivity index is 2.43. The maximum absolute atomic E-state index is 11.8. The van der Waals surface area contributed by atoms with E-state index < -0.39 is 12.0 Å². The highest BCUT2D eigenvalue weighted by atomic mass is 16.5. The number of carbonyl (C=O) groups is 2. The minimum atomic E-state index is -0.980. The second kappa shape index (κ2) is 9.00. The molecule has 1 atom stereocenters. The van der Waals surface area contributed by atoms with E-state index in [0.29, 0.717) is 19.4 Å². The second-order valence-corrected chi connectivity index (χ2v) is 4.82. The van der Waals surface area contributed by atoms with Gasteiger partial charge in [0.15, 0.2) is 0 Å². The molecule has 1 aromatic carbocycles. The summed E-state index contributed by atoms with van der Waals surface area (Å²) in [6.45, 7) is 4.44. The van der Waals surface area contributed by atoms with Crippen LogP contribution in [0.2, 0.25) is 0 Å². The van der Waals surface area contributed by atoms with Crippen molar-refractivity contribution in [2.45, 2.75) is 45.6 Å². The van der Waals surface area contributed by atoms with Crippen molar-refractivity contribution in [3.05, 3.63) is 29.8 Å². The fourth-order valence-electron chi connectivity index (χ4n) is 1.99. The van der Waals surface area contributed by atoms with Crippen LogP contribution in [0.25, 0.3) is 0 Å². The predicted molar refractivity (Wildman–Crippen MR) is 80.4 cm³/mol. The lowest BCUT2D eigenvalue weighted by Gasteiger charge is -2.13. The van der Waals surface area contributed by atoms with Gasteiger partial charge < -0.3 is 15.2 Å². The molecule has 1 unspecified atom stereocenters. The van der Waals surface area contributed by atoms with Crippen molar-refractivity contribution < 1.29 is 19.4 Å². The quantitative estimate of drug-likeness (QED) is 0.733. The highest BCUT2D eigenvalue weighted by Crippen LogP contribution is 2.13. The van der Waals surface area contributed by atoms with E-state index in [1.807, 2.05) is 38.1 Å². The maximum atomic E-state index is 11.8. The second-order valence-electron chi connectivity index (χ2n) is 4.82. The van der Waals surface area contributed by atoms with Gasteiger partial charge in [-0.05, 0) is 37.5 Å². The van der Waals surface area contributed by atoms with Crippen LogP contribution in [0.15, 0.2) is 24.3 Å². The molecule has 1 rings (SSSR count). The summed E-state index contributed by atoms with van der Waals surface area (Å²) in [5, 5.41) is 11.5. The molecular weight excluding hydrogens is 270 g/mol. The molecule has 0 aliphatic heterocycles. The van der Waals surface area contributed by atoms with Crippen LogP contribution in [0.5, 0.6) is 5.75 Å². The lowest BCUT2D eigenvalue weighted by molar-refractivity contribution is -0.142. The van der Waals surface area contributed by atoms with Crippen LogP contribution in [0.1, 0.15) is 38.7 Å². The first-order valence-corrected chi connectivity index (χ1v) is 7.30. The van der Waals surface area contributed by atoms with Gasteiger partial charge in [0.05, 0.1) is 6.61 Å². The van der Waals surface area contributed by atoms with Crippen molar-refractivity contribution in [1.82, 2.24) is 5.32 Å². The van der Waals surface area contributed by atoms with Crippen molar-refractivity contribution in [2.24, 2.45) is 0 Å². The minimum Gasteiger partial charge on any atom is -0.494 e. The number of rotatable bonds is 9. The van der Waals surface area contributed by atoms with Gasteiger partial charge in [-0.15, -0.1) is 0 Å². The summed E-state index contributed by atoms with van der Waals surface area (Å²) >= 11 is 0. The van der Waals surface area contributed by atoms with E-state index in [9.17, 15) is 9.59 Å². The first-order valence-electron chi connectivity index (χ1n) is 7.30. The summed E-state index contributed by atoms with van der Waals surface area (Å²) in [6.07, 6.45) is 2.03. The summed E-state index contributed by atoms with van der Waals surface area (Å²) in [5.41, 5.74) is 1.02. The fourth-order valence-corrected chi connectivity index (χ4v) is 1.99. The van der Waals surface area contributed by atoms with E-state index in [-0.39, 0.29) is 12.3 Å². The zero-order chi connectivity index (χ0) is 15.7. The number of carboxylic acid groups (broad SMARTS) is 1. The van der Waals surface area contributed by atoms with Gasteiger partial charge in [-0.3, -0.25) is 4.79 Å². The standard InChI is InChI=1S/C16H23NO4/c1-3-5-14(16(19)20)17-15(18)11-8-12-6-9-13(10-7-12)21-4-2/h6-7,9-10,14H,3-5,8,11H2,1-2H3,(H,17,18)(H,19,20). The molecule has 0 aromatic heterocycles. The molecule has 0 fully saturated rings. The molecule has 0 aliphatic rings. The molecule has 5 heteroatoms. The molecule has 0 saturated heterocycles. The van der Waals surface area contributed by atoms with Crippen molar-refractivity contribution in [3.63, 3.8) is 0 Å². The molecular formula is C16H23NO4. The number of carboxylic acids is 1. The summed E-state index contributed by atoms with van der Waals surface area (Å²) in [6, 6.07) is 6.78. The van der Waals surface area contributed by atoms with Gasteiger partial charge in [-0.2, -0.15) is 0 Å². The average Bonchev–Trinajstić information content (AvgIpc) is 2.46. The molecule has 2 N–H and O–H groups in total. The van der Waals surface area contributed by atoms with E-state index in [2.05, 4.69) is 5.32 Å². The number of aliphatic carboxylic acids is 1. The Bertz CT molecular complexity index is 456. The Labute approximate surface area is 125 Å². The number of ether oxygens (including phenoxy) is 1. The van der Waals surface area contributed by atoms with Crippen LogP contribution < -0.4 is 10.1 Å². The molecule has 0 saturated carbocycles. The highest BCUT2D eigenvalue weighted by Gasteiger charge is 2.18. The summed E-state index contributed by atoms with van der Waals surface area (Å²) in [4.78, 5) is 22.7. The Morgan fingerprint density at radius 3 is 2.43 bits per heavy atom. The zero-order valence-corrected chi connectivity index (χ0v) is 12.6. The summed E-state index contributed by atoms with van der Waals surface area (Å²) in [5.74, 6) is -0.407. The highest BCUT2D eigenvalue weighted by molar-refractivity contribution is 5.83. The molecule has 0 aliphatic carbocycles. The molecule has 5 nitrogen and oxygen atoms in total.